The zero-order valence-corrected chi connectivity index (χ0v) is 12.5. The summed E-state index contributed by atoms with van der Waals surface area (Å²) in [6.07, 6.45) is 1.12. The van der Waals surface area contributed by atoms with Gasteiger partial charge in [0.05, 0.1) is 14.2 Å². The topological polar surface area (TPSA) is 47.7 Å². The van der Waals surface area contributed by atoms with Gasteiger partial charge in [0.25, 0.3) is 0 Å². The quantitative estimate of drug-likeness (QED) is 0.785. The molecular weight excluding hydrogens is 240 g/mol. The highest BCUT2D eigenvalue weighted by molar-refractivity contribution is 5.40. The maximum atomic E-state index is 5.97. The van der Waals surface area contributed by atoms with Crippen molar-refractivity contribution in [2.24, 2.45) is 5.73 Å². The molecule has 19 heavy (non-hydrogen) atoms. The van der Waals surface area contributed by atoms with E-state index in [0.717, 1.165) is 36.6 Å². The van der Waals surface area contributed by atoms with Gasteiger partial charge in [-0.1, -0.05) is 13.8 Å². The Morgan fingerprint density at radius 1 is 1.11 bits per heavy atom. The van der Waals surface area contributed by atoms with Crippen molar-refractivity contribution in [3.8, 4) is 11.5 Å². The molecule has 0 heterocycles. The first-order valence-corrected chi connectivity index (χ1v) is 6.87. The third kappa shape index (κ3) is 4.11. The normalized spacial score (nSPS) is 12.5. The van der Waals surface area contributed by atoms with Crippen molar-refractivity contribution in [3.05, 3.63) is 23.8 Å². The summed E-state index contributed by atoms with van der Waals surface area (Å²) in [5.74, 6) is 1.61. The molecule has 108 valence electrons. The Bertz CT molecular complexity index is 360. The van der Waals surface area contributed by atoms with Crippen molar-refractivity contribution >= 4 is 0 Å². The highest BCUT2D eigenvalue weighted by Crippen LogP contribution is 2.29. The third-order valence-corrected chi connectivity index (χ3v) is 3.34. The molecule has 4 nitrogen and oxygen atoms in total. The Balaban J connectivity index is 3.08. The second-order valence-electron chi connectivity index (χ2n) is 4.53. The molecule has 1 aromatic carbocycles. The van der Waals surface area contributed by atoms with E-state index in [-0.39, 0.29) is 6.04 Å². The van der Waals surface area contributed by atoms with Crippen LogP contribution in [0.1, 0.15) is 31.9 Å². The monoisotopic (exact) mass is 266 g/mol. The van der Waals surface area contributed by atoms with Crippen LogP contribution >= 0.6 is 0 Å². The minimum Gasteiger partial charge on any atom is -0.497 e. The Morgan fingerprint density at radius 3 is 2.05 bits per heavy atom. The van der Waals surface area contributed by atoms with Gasteiger partial charge in [0.2, 0.25) is 0 Å². The number of hydrogen-bond acceptors (Lipinski definition) is 4. The van der Waals surface area contributed by atoms with Crippen molar-refractivity contribution in [2.75, 3.05) is 33.9 Å². The van der Waals surface area contributed by atoms with Crippen LogP contribution in [-0.4, -0.2) is 38.8 Å². The molecule has 4 heteroatoms. The highest BCUT2D eigenvalue weighted by atomic mass is 16.5. The van der Waals surface area contributed by atoms with Crippen molar-refractivity contribution in [1.29, 1.82) is 0 Å². The summed E-state index contributed by atoms with van der Waals surface area (Å²) in [5.41, 5.74) is 7.12. The summed E-state index contributed by atoms with van der Waals surface area (Å²) < 4.78 is 10.7. The van der Waals surface area contributed by atoms with Crippen LogP contribution in [0.5, 0.6) is 11.5 Å². The molecular formula is C15H26N2O2. The summed E-state index contributed by atoms with van der Waals surface area (Å²) in [5, 5.41) is 0. The molecule has 2 N–H and O–H groups in total. The van der Waals surface area contributed by atoms with Gasteiger partial charge in [-0.25, -0.2) is 0 Å². The molecule has 0 aliphatic carbocycles. The summed E-state index contributed by atoms with van der Waals surface area (Å²) in [6.45, 7) is 6.95. The third-order valence-electron chi connectivity index (χ3n) is 3.34. The van der Waals surface area contributed by atoms with E-state index < -0.39 is 0 Å². The number of nitrogens with zero attached hydrogens (tertiary/aromatic N) is 1. The Hall–Kier alpha value is -1.26. The van der Waals surface area contributed by atoms with E-state index in [4.69, 9.17) is 15.2 Å². The fraction of sp³-hybridized carbons (Fsp3) is 0.600. The first-order chi connectivity index (χ1) is 9.19. The van der Waals surface area contributed by atoms with Crippen molar-refractivity contribution in [3.63, 3.8) is 0 Å². The molecule has 0 fully saturated rings. The van der Waals surface area contributed by atoms with Gasteiger partial charge in [-0.05, 0) is 37.2 Å². The first kappa shape index (κ1) is 15.8. The van der Waals surface area contributed by atoms with Crippen LogP contribution in [0.2, 0.25) is 0 Å². The van der Waals surface area contributed by atoms with Crippen LogP contribution in [0, 0.1) is 0 Å². The maximum absolute atomic E-state index is 5.97. The zero-order valence-electron chi connectivity index (χ0n) is 12.5. The summed E-state index contributed by atoms with van der Waals surface area (Å²) in [4.78, 5) is 2.38. The molecule has 0 aliphatic rings. The number of rotatable bonds is 8. The predicted molar refractivity (Wildman–Crippen MR) is 78.9 cm³/mol. The standard InChI is InChI=1S/C15H26N2O2/c1-5-7-17(6-2)15(11-16)12-8-13(18-3)10-14(9-12)19-4/h8-10,15H,5-7,11,16H2,1-4H3. The minimum absolute atomic E-state index is 0.203. The highest BCUT2D eigenvalue weighted by Gasteiger charge is 2.18. The van der Waals surface area contributed by atoms with E-state index in [1.807, 2.05) is 18.2 Å². The lowest BCUT2D eigenvalue weighted by atomic mass is 10.0. The molecule has 1 atom stereocenters. The summed E-state index contributed by atoms with van der Waals surface area (Å²) >= 11 is 0. The van der Waals surface area contributed by atoms with Gasteiger partial charge in [-0.15, -0.1) is 0 Å². The average molecular weight is 266 g/mol. The van der Waals surface area contributed by atoms with E-state index in [9.17, 15) is 0 Å². The van der Waals surface area contributed by atoms with Gasteiger partial charge in [0.15, 0.2) is 0 Å². The van der Waals surface area contributed by atoms with Crippen LogP contribution < -0.4 is 15.2 Å². The number of benzene rings is 1. The molecule has 0 aromatic heterocycles. The van der Waals surface area contributed by atoms with Crippen LogP contribution in [0.3, 0.4) is 0 Å². The number of methoxy groups -OCH3 is 2. The average Bonchev–Trinajstić information content (AvgIpc) is 2.46. The van der Waals surface area contributed by atoms with Crippen molar-refractivity contribution < 1.29 is 9.47 Å². The molecule has 0 aliphatic heterocycles. The van der Waals surface area contributed by atoms with Crippen LogP contribution in [-0.2, 0) is 0 Å². The summed E-state index contributed by atoms with van der Waals surface area (Å²) in [7, 11) is 3.33. The maximum Gasteiger partial charge on any atom is 0.122 e. The smallest absolute Gasteiger partial charge is 0.122 e. The van der Waals surface area contributed by atoms with Gasteiger partial charge in [-0.2, -0.15) is 0 Å². The van der Waals surface area contributed by atoms with Crippen LogP contribution in [0.4, 0.5) is 0 Å². The van der Waals surface area contributed by atoms with E-state index >= 15 is 0 Å². The van der Waals surface area contributed by atoms with E-state index in [1.54, 1.807) is 14.2 Å². The lowest BCUT2D eigenvalue weighted by Gasteiger charge is -2.30. The first-order valence-electron chi connectivity index (χ1n) is 6.87. The van der Waals surface area contributed by atoms with Crippen LogP contribution in [0.15, 0.2) is 18.2 Å². The van der Waals surface area contributed by atoms with Gasteiger partial charge in [0, 0.05) is 18.7 Å². The lowest BCUT2D eigenvalue weighted by Crippen LogP contribution is -2.34. The second kappa shape index (κ2) is 8.02. The number of nitrogens with two attached hydrogens (primary N) is 1. The van der Waals surface area contributed by atoms with Crippen molar-refractivity contribution in [1.82, 2.24) is 4.90 Å². The van der Waals surface area contributed by atoms with E-state index in [2.05, 4.69) is 18.7 Å². The molecule has 0 bridgehead atoms. The SMILES string of the molecule is CCCN(CC)C(CN)c1cc(OC)cc(OC)c1. The van der Waals surface area contributed by atoms with Gasteiger partial charge in [-0.3, -0.25) is 4.90 Å². The predicted octanol–water partition coefficient (Wildman–Crippen LogP) is 2.44. The molecule has 0 radical (unpaired) electrons. The second-order valence-corrected chi connectivity index (χ2v) is 4.53. The van der Waals surface area contributed by atoms with Gasteiger partial charge >= 0.3 is 0 Å². The number of hydrogen-bond donors (Lipinski definition) is 1. The fourth-order valence-electron chi connectivity index (χ4n) is 2.34. The van der Waals surface area contributed by atoms with E-state index in [1.165, 1.54) is 0 Å². The Labute approximate surface area is 116 Å². The van der Waals surface area contributed by atoms with E-state index in [0.29, 0.717) is 6.54 Å². The zero-order chi connectivity index (χ0) is 14.3. The molecule has 0 saturated carbocycles. The van der Waals surface area contributed by atoms with Crippen LogP contribution in [0.25, 0.3) is 0 Å². The fourth-order valence-corrected chi connectivity index (χ4v) is 2.34. The molecule has 0 amide bonds. The Kier molecular flexibility index (Phi) is 6.67. The molecule has 0 spiro atoms. The Morgan fingerprint density at radius 2 is 1.68 bits per heavy atom. The molecule has 1 aromatic rings. The lowest BCUT2D eigenvalue weighted by molar-refractivity contribution is 0.212. The molecule has 0 saturated heterocycles. The molecule has 1 rings (SSSR count). The minimum atomic E-state index is 0.203. The van der Waals surface area contributed by atoms with Gasteiger partial charge in [0.1, 0.15) is 11.5 Å². The largest absolute Gasteiger partial charge is 0.497 e. The summed E-state index contributed by atoms with van der Waals surface area (Å²) in [6, 6.07) is 6.16. The number of likely N-dealkylation sites (N-methyl/N-ethyl adjacent to an activating group) is 1. The molecule has 1 unspecified atom stereocenters. The van der Waals surface area contributed by atoms with Crippen molar-refractivity contribution in [2.45, 2.75) is 26.3 Å². The van der Waals surface area contributed by atoms with Gasteiger partial charge < -0.3 is 15.2 Å². The number of ether oxygens (including phenoxy) is 2.